The molecule has 2 aromatic carbocycles. The molecule has 0 spiro atoms. The molecule has 8 nitrogen and oxygen atoms in total. The lowest BCUT2D eigenvalue weighted by Gasteiger charge is -2.27. The van der Waals surface area contributed by atoms with E-state index < -0.39 is 39.6 Å². The van der Waals surface area contributed by atoms with E-state index in [1.54, 1.807) is 37.3 Å². The number of nitrogens with zero attached hydrogens (tertiary/aromatic N) is 1. The maximum absolute atomic E-state index is 12.7. The van der Waals surface area contributed by atoms with E-state index in [1.165, 1.54) is 29.2 Å². The van der Waals surface area contributed by atoms with Gasteiger partial charge in [-0.1, -0.05) is 30.3 Å². The third-order valence-corrected chi connectivity index (χ3v) is 5.36. The molecule has 28 heavy (non-hydrogen) atoms. The molecular weight excluding hydrogens is 384 g/mol. The van der Waals surface area contributed by atoms with Crippen molar-refractivity contribution in [2.24, 2.45) is 11.1 Å². The number of Topliss-reactive ketones (excluding diaryl/α,β-unsaturated/α-hetero) is 1. The quantitative estimate of drug-likeness (QED) is 0.455. The summed E-state index contributed by atoms with van der Waals surface area (Å²) in [5.41, 5.74) is 0.849. The maximum atomic E-state index is 12.7. The van der Waals surface area contributed by atoms with Crippen LogP contribution >= 0.6 is 0 Å². The highest BCUT2D eigenvalue weighted by molar-refractivity contribution is 7.89. The monoisotopic (exact) mass is 402 g/mol. The van der Waals surface area contributed by atoms with Gasteiger partial charge >= 0.3 is 5.97 Å². The first-order chi connectivity index (χ1) is 13.3. The summed E-state index contributed by atoms with van der Waals surface area (Å²) >= 11 is 0. The van der Waals surface area contributed by atoms with Gasteiger partial charge in [-0.05, 0) is 36.8 Å². The first-order valence-electron chi connectivity index (χ1n) is 8.47. The minimum absolute atomic E-state index is 0.0708. The molecule has 146 valence electrons. The van der Waals surface area contributed by atoms with Gasteiger partial charge in [0.15, 0.2) is 0 Å². The van der Waals surface area contributed by atoms with Gasteiger partial charge in [0.05, 0.1) is 17.5 Å². The van der Waals surface area contributed by atoms with Crippen molar-refractivity contribution in [2.45, 2.75) is 17.9 Å². The second-order valence-corrected chi connectivity index (χ2v) is 7.72. The fourth-order valence-corrected chi connectivity index (χ4v) is 3.72. The van der Waals surface area contributed by atoms with Crippen molar-refractivity contribution in [3.8, 4) is 0 Å². The van der Waals surface area contributed by atoms with E-state index in [0.29, 0.717) is 5.56 Å². The Balaban J connectivity index is 2.11. The molecule has 1 fully saturated rings. The summed E-state index contributed by atoms with van der Waals surface area (Å²) in [6, 6.07) is 12.9. The van der Waals surface area contributed by atoms with Gasteiger partial charge in [-0.25, -0.2) is 13.6 Å². The summed E-state index contributed by atoms with van der Waals surface area (Å²) in [6.45, 7) is 1.68. The largest absolute Gasteiger partial charge is 0.465 e. The van der Waals surface area contributed by atoms with E-state index in [2.05, 4.69) is 0 Å². The zero-order valence-corrected chi connectivity index (χ0v) is 15.8. The molecule has 1 aliphatic rings. The molecule has 1 heterocycles. The lowest BCUT2D eigenvalue weighted by Crippen LogP contribution is -2.31. The summed E-state index contributed by atoms with van der Waals surface area (Å²) in [5, 5.41) is 5.10. The molecule has 0 aliphatic carbocycles. The van der Waals surface area contributed by atoms with Crippen LogP contribution in [0.15, 0.2) is 59.5 Å². The first-order valence-corrected chi connectivity index (χ1v) is 10.0. The summed E-state index contributed by atoms with van der Waals surface area (Å²) in [4.78, 5) is 38.8. The molecule has 3 rings (SSSR count). The third-order valence-electron chi connectivity index (χ3n) is 4.43. The zero-order valence-electron chi connectivity index (χ0n) is 14.9. The molecule has 0 unspecified atom stereocenters. The van der Waals surface area contributed by atoms with Crippen LogP contribution in [0.1, 0.15) is 18.5 Å². The SMILES string of the molecule is CCOC(=O)[C@@H]1C(=O)C(=O)N(c2ccc(S(N)(=O)=O)cc2)[C@H]1c1ccccc1. The maximum Gasteiger partial charge on any atom is 0.319 e. The van der Waals surface area contributed by atoms with Gasteiger partial charge in [0, 0.05) is 5.69 Å². The molecule has 0 bridgehead atoms. The summed E-state index contributed by atoms with van der Waals surface area (Å²) in [6.07, 6.45) is 0. The summed E-state index contributed by atoms with van der Waals surface area (Å²) in [7, 11) is -3.91. The topological polar surface area (TPSA) is 124 Å². The predicted octanol–water partition coefficient (Wildman–Crippen LogP) is 1.17. The third kappa shape index (κ3) is 3.54. The van der Waals surface area contributed by atoms with E-state index >= 15 is 0 Å². The highest BCUT2D eigenvalue weighted by Crippen LogP contribution is 2.40. The fraction of sp³-hybridized carbons (Fsp3) is 0.211. The Hall–Kier alpha value is -3.04. The molecular formula is C19H18N2O6S. The number of esters is 1. The fourth-order valence-electron chi connectivity index (χ4n) is 3.20. The number of ketones is 1. The van der Waals surface area contributed by atoms with Gasteiger partial charge in [0.1, 0.15) is 5.92 Å². The molecule has 9 heteroatoms. The number of anilines is 1. The van der Waals surface area contributed by atoms with Gasteiger partial charge in [-0.2, -0.15) is 0 Å². The van der Waals surface area contributed by atoms with E-state index in [4.69, 9.17) is 9.88 Å². The predicted molar refractivity (Wildman–Crippen MR) is 99.6 cm³/mol. The van der Waals surface area contributed by atoms with Crippen LogP contribution in [0.5, 0.6) is 0 Å². The first kappa shape index (κ1) is 19.7. The van der Waals surface area contributed by atoms with Crippen molar-refractivity contribution in [2.75, 3.05) is 11.5 Å². The normalized spacial score (nSPS) is 19.7. The number of carbonyl (C=O) groups is 3. The van der Waals surface area contributed by atoms with Gasteiger partial charge in [-0.3, -0.25) is 19.3 Å². The molecule has 0 saturated carbocycles. The number of ether oxygens (including phenoxy) is 1. The Morgan fingerprint density at radius 2 is 1.68 bits per heavy atom. The van der Waals surface area contributed by atoms with E-state index in [-0.39, 0.29) is 17.2 Å². The lowest BCUT2D eigenvalue weighted by molar-refractivity contribution is -0.152. The Labute approximate surface area is 161 Å². The molecule has 1 aliphatic heterocycles. The summed E-state index contributed by atoms with van der Waals surface area (Å²) in [5.74, 6) is -3.83. The van der Waals surface area contributed by atoms with Crippen LogP contribution in [-0.2, 0) is 29.1 Å². The number of carbonyl (C=O) groups excluding carboxylic acids is 3. The van der Waals surface area contributed by atoms with Crippen molar-refractivity contribution in [1.82, 2.24) is 0 Å². The number of hydrogen-bond acceptors (Lipinski definition) is 6. The van der Waals surface area contributed by atoms with E-state index in [1.807, 2.05) is 0 Å². The highest BCUT2D eigenvalue weighted by Gasteiger charge is 2.53. The molecule has 2 aromatic rings. The second-order valence-electron chi connectivity index (χ2n) is 6.16. The van der Waals surface area contributed by atoms with Crippen LogP contribution in [0.4, 0.5) is 5.69 Å². The number of sulfonamides is 1. The molecule has 0 radical (unpaired) electrons. The second kappa shape index (κ2) is 7.53. The number of rotatable bonds is 5. The van der Waals surface area contributed by atoms with Crippen molar-refractivity contribution in [3.05, 3.63) is 60.2 Å². The highest BCUT2D eigenvalue weighted by atomic mass is 32.2. The van der Waals surface area contributed by atoms with Crippen molar-refractivity contribution in [3.63, 3.8) is 0 Å². The van der Waals surface area contributed by atoms with Crippen LogP contribution < -0.4 is 10.0 Å². The summed E-state index contributed by atoms with van der Waals surface area (Å²) < 4.78 is 27.9. The number of hydrogen-bond donors (Lipinski definition) is 1. The number of amides is 1. The van der Waals surface area contributed by atoms with Gasteiger partial charge in [0.25, 0.3) is 5.91 Å². The Morgan fingerprint density at radius 1 is 1.07 bits per heavy atom. The van der Waals surface area contributed by atoms with E-state index in [0.717, 1.165) is 0 Å². The molecule has 2 atom stereocenters. The van der Waals surface area contributed by atoms with Crippen LogP contribution in [0.3, 0.4) is 0 Å². The van der Waals surface area contributed by atoms with E-state index in [9.17, 15) is 22.8 Å². The minimum Gasteiger partial charge on any atom is -0.465 e. The Kier molecular flexibility index (Phi) is 5.30. The number of primary sulfonamides is 1. The van der Waals surface area contributed by atoms with Crippen molar-refractivity contribution < 1.29 is 27.5 Å². The number of benzene rings is 2. The average molecular weight is 402 g/mol. The zero-order chi connectivity index (χ0) is 20.5. The smallest absolute Gasteiger partial charge is 0.319 e. The average Bonchev–Trinajstić information content (AvgIpc) is 2.93. The molecule has 2 N–H and O–H groups in total. The Bertz CT molecular complexity index is 1020. The van der Waals surface area contributed by atoms with Crippen molar-refractivity contribution >= 4 is 33.4 Å². The van der Waals surface area contributed by atoms with Crippen LogP contribution in [0.2, 0.25) is 0 Å². The number of nitrogens with two attached hydrogens (primary N) is 1. The molecule has 1 saturated heterocycles. The van der Waals surface area contributed by atoms with Crippen LogP contribution in [0, 0.1) is 5.92 Å². The molecule has 1 amide bonds. The van der Waals surface area contributed by atoms with Crippen LogP contribution in [0.25, 0.3) is 0 Å². The van der Waals surface area contributed by atoms with Gasteiger partial charge in [-0.15, -0.1) is 0 Å². The standard InChI is InChI=1S/C19H18N2O6S/c1-2-27-19(24)15-16(12-6-4-3-5-7-12)21(18(23)17(15)22)13-8-10-14(11-9-13)28(20,25)26/h3-11,15-16H,2H2,1H3,(H2,20,25,26)/t15-,16-/m0/s1. The van der Waals surface area contributed by atoms with Crippen LogP contribution in [-0.4, -0.2) is 32.7 Å². The Morgan fingerprint density at radius 3 is 2.21 bits per heavy atom. The lowest BCUT2D eigenvalue weighted by atomic mass is 9.93. The van der Waals surface area contributed by atoms with Gasteiger partial charge < -0.3 is 4.74 Å². The minimum atomic E-state index is -3.91. The van der Waals surface area contributed by atoms with Gasteiger partial charge in [0.2, 0.25) is 15.8 Å². The molecule has 0 aromatic heterocycles. The van der Waals surface area contributed by atoms with Crippen molar-refractivity contribution in [1.29, 1.82) is 0 Å².